The summed E-state index contributed by atoms with van der Waals surface area (Å²) in [5.74, 6) is -0.845. The van der Waals surface area contributed by atoms with Gasteiger partial charge in [-0.1, -0.05) is 55.5 Å². The number of ether oxygens (including phenoxy) is 1. The Morgan fingerprint density at radius 3 is 2.57 bits per heavy atom. The molecule has 6 nitrogen and oxygen atoms in total. The third-order valence-corrected chi connectivity index (χ3v) is 4.44. The molecule has 6 heteroatoms. The van der Waals surface area contributed by atoms with E-state index < -0.39 is 36.5 Å². The monoisotopic (exact) mass is 394 g/mol. The molecule has 0 aromatic carbocycles. The van der Waals surface area contributed by atoms with Crippen molar-refractivity contribution < 1.29 is 30.0 Å². The molecule has 1 rings (SSSR count). The van der Waals surface area contributed by atoms with Gasteiger partial charge in [-0.2, -0.15) is 0 Å². The number of rotatable bonds is 13. The Hall–Kier alpha value is -1.73. The van der Waals surface area contributed by atoms with E-state index in [1.54, 1.807) is 18.2 Å². The third-order valence-electron chi connectivity index (χ3n) is 4.44. The molecule has 0 bridgehead atoms. The lowest BCUT2D eigenvalue weighted by Crippen LogP contribution is -2.24. The van der Waals surface area contributed by atoms with Crippen molar-refractivity contribution in [2.24, 2.45) is 0 Å². The van der Waals surface area contributed by atoms with Crippen LogP contribution in [0.2, 0.25) is 0 Å². The van der Waals surface area contributed by atoms with E-state index >= 15 is 0 Å². The SMILES string of the molecule is CC/C=C\C/C=C\C[C@@H](O)/C=C/[C@@H](O)[C@H]1C[C@H](O)[C@@H](C/C=C\CCC(=O)O)O1. The summed E-state index contributed by atoms with van der Waals surface area (Å²) in [4.78, 5) is 10.5. The minimum atomic E-state index is -0.901. The lowest BCUT2D eigenvalue weighted by molar-refractivity contribution is -0.136. The zero-order chi connectivity index (χ0) is 20.8. The summed E-state index contributed by atoms with van der Waals surface area (Å²) < 4.78 is 5.71. The first kappa shape index (κ1) is 24.3. The molecule has 158 valence electrons. The van der Waals surface area contributed by atoms with Gasteiger partial charge in [0.05, 0.1) is 30.5 Å². The van der Waals surface area contributed by atoms with E-state index in [0.717, 1.165) is 12.8 Å². The standard InChI is InChI=1S/C22H34O6/c1-2-3-4-5-6-8-11-17(23)14-15-18(24)21-16-19(25)20(28-21)12-9-7-10-13-22(26)27/h3-4,6-9,14-15,17-21,23-25H,2,5,10-13,16H2,1H3,(H,26,27)/b4-3-,8-6-,9-7-,15-14+/t17-,18-,19+,20-,21-/m1/s1. The van der Waals surface area contributed by atoms with E-state index in [1.165, 1.54) is 6.08 Å². The van der Waals surface area contributed by atoms with E-state index in [-0.39, 0.29) is 6.42 Å². The highest BCUT2D eigenvalue weighted by Crippen LogP contribution is 2.26. The number of carboxylic acid groups (broad SMARTS) is 1. The summed E-state index contributed by atoms with van der Waals surface area (Å²) in [5.41, 5.74) is 0. The summed E-state index contributed by atoms with van der Waals surface area (Å²) in [6.45, 7) is 2.08. The van der Waals surface area contributed by atoms with Crippen molar-refractivity contribution in [2.75, 3.05) is 0 Å². The fraction of sp³-hybridized carbons (Fsp3) is 0.591. The van der Waals surface area contributed by atoms with Gasteiger partial charge < -0.3 is 25.2 Å². The molecule has 4 N–H and O–H groups in total. The molecule has 0 aliphatic carbocycles. The van der Waals surface area contributed by atoms with Crippen LogP contribution in [0, 0.1) is 0 Å². The van der Waals surface area contributed by atoms with Crippen molar-refractivity contribution in [3.8, 4) is 0 Å². The highest BCUT2D eigenvalue weighted by atomic mass is 16.5. The number of hydrogen-bond acceptors (Lipinski definition) is 5. The number of carbonyl (C=O) groups is 1. The van der Waals surface area contributed by atoms with Crippen LogP contribution in [0.5, 0.6) is 0 Å². The maximum atomic E-state index is 10.5. The molecule has 1 fully saturated rings. The fourth-order valence-corrected chi connectivity index (χ4v) is 2.87. The van der Waals surface area contributed by atoms with Gasteiger partial charge in [0.15, 0.2) is 0 Å². The molecule has 1 aliphatic heterocycles. The van der Waals surface area contributed by atoms with E-state index in [0.29, 0.717) is 25.7 Å². The van der Waals surface area contributed by atoms with Crippen LogP contribution in [0.3, 0.4) is 0 Å². The first-order valence-corrected chi connectivity index (χ1v) is 9.98. The van der Waals surface area contributed by atoms with Gasteiger partial charge in [-0.3, -0.25) is 4.79 Å². The molecule has 1 heterocycles. The van der Waals surface area contributed by atoms with Crippen LogP contribution in [0.4, 0.5) is 0 Å². The number of hydrogen-bond donors (Lipinski definition) is 4. The van der Waals surface area contributed by atoms with Crippen molar-refractivity contribution in [3.63, 3.8) is 0 Å². The largest absolute Gasteiger partial charge is 0.481 e. The van der Waals surface area contributed by atoms with E-state index in [4.69, 9.17) is 9.84 Å². The zero-order valence-electron chi connectivity index (χ0n) is 16.6. The zero-order valence-corrected chi connectivity index (χ0v) is 16.6. The first-order valence-electron chi connectivity index (χ1n) is 9.98. The number of aliphatic hydroxyl groups is 3. The van der Waals surface area contributed by atoms with Crippen LogP contribution < -0.4 is 0 Å². The third kappa shape index (κ3) is 10.6. The summed E-state index contributed by atoms with van der Waals surface area (Å²) in [6, 6.07) is 0. The van der Waals surface area contributed by atoms with Gasteiger partial charge in [-0.15, -0.1) is 0 Å². The molecule has 0 unspecified atom stereocenters. The highest BCUT2D eigenvalue weighted by molar-refractivity contribution is 5.66. The predicted molar refractivity (Wildman–Crippen MR) is 109 cm³/mol. The van der Waals surface area contributed by atoms with Crippen LogP contribution >= 0.6 is 0 Å². The lowest BCUT2D eigenvalue weighted by Gasteiger charge is -2.16. The Morgan fingerprint density at radius 1 is 1.11 bits per heavy atom. The topological polar surface area (TPSA) is 107 Å². The van der Waals surface area contributed by atoms with E-state index in [9.17, 15) is 20.1 Å². The summed E-state index contributed by atoms with van der Waals surface area (Å²) >= 11 is 0. The molecule has 5 atom stereocenters. The van der Waals surface area contributed by atoms with Crippen molar-refractivity contribution in [1.29, 1.82) is 0 Å². The molecule has 0 aromatic rings. The summed E-state index contributed by atoms with van der Waals surface area (Å²) in [6.07, 6.45) is 15.1. The Kier molecular flexibility index (Phi) is 12.4. The minimum absolute atomic E-state index is 0.0731. The Bertz CT molecular complexity index is 551. The van der Waals surface area contributed by atoms with Gasteiger partial charge in [-0.05, 0) is 32.1 Å². The van der Waals surface area contributed by atoms with Crippen LogP contribution in [0.25, 0.3) is 0 Å². The Morgan fingerprint density at radius 2 is 1.86 bits per heavy atom. The quantitative estimate of drug-likeness (QED) is 0.358. The minimum Gasteiger partial charge on any atom is -0.481 e. The number of aliphatic hydroxyl groups excluding tert-OH is 3. The maximum absolute atomic E-state index is 10.5. The molecule has 0 saturated carbocycles. The van der Waals surface area contributed by atoms with Gasteiger partial charge in [0.25, 0.3) is 0 Å². The fourth-order valence-electron chi connectivity index (χ4n) is 2.87. The van der Waals surface area contributed by atoms with Crippen LogP contribution in [0.1, 0.15) is 51.9 Å². The molecule has 0 amide bonds. The van der Waals surface area contributed by atoms with E-state index in [1.807, 2.05) is 12.2 Å². The van der Waals surface area contributed by atoms with Crippen molar-refractivity contribution in [3.05, 3.63) is 48.6 Å². The average molecular weight is 395 g/mol. The molecule has 28 heavy (non-hydrogen) atoms. The molecule has 0 radical (unpaired) electrons. The van der Waals surface area contributed by atoms with Gasteiger partial charge >= 0.3 is 5.97 Å². The Balaban J connectivity index is 2.33. The predicted octanol–water partition coefficient (Wildman–Crippen LogP) is 2.90. The van der Waals surface area contributed by atoms with Gasteiger partial charge in [0.2, 0.25) is 0 Å². The van der Waals surface area contributed by atoms with Crippen LogP contribution in [0.15, 0.2) is 48.6 Å². The van der Waals surface area contributed by atoms with E-state index in [2.05, 4.69) is 19.1 Å². The normalized spacial score (nSPS) is 25.5. The van der Waals surface area contributed by atoms with Gasteiger partial charge in [0.1, 0.15) is 0 Å². The number of allylic oxidation sites excluding steroid dienone is 4. The second-order valence-electron chi connectivity index (χ2n) is 6.92. The summed E-state index contributed by atoms with van der Waals surface area (Å²) in [5, 5.41) is 38.8. The molecule has 0 aromatic heterocycles. The second-order valence-corrected chi connectivity index (χ2v) is 6.92. The maximum Gasteiger partial charge on any atom is 0.303 e. The molecular formula is C22H34O6. The van der Waals surface area contributed by atoms with Gasteiger partial charge in [0, 0.05) is 12.8 Å². The van der Waals surface area contributed by atoms with Crippen molar-refractivity contribution >= 4 is 5.97 Å². The molecule has 0 spiro atoms. The molecule has 1 saturated heterocycles. The smallest absolute Gasteiger partial charge is 0.303 e. The molecular weight excluding hydrogens is 360 g/mol. The van der Waals surface area contributed by atoms with Crippen molar-refractivity contribution in [2.45, 2.75) is 82.4 Å². The highest BCUT2D eigenvalue weighted by Gasteiger charge is 2.36. The van der Waals surface area contributed by atoms with Gasteiger partial charge in [-0.25, -0.2) is 0 Å². The van der Waals surface area contributed by atoms with Crippen LogP contribution in [-0.2, 0) is 9.53 Å². The molecule has 1 aliphatic rings. The number of carboxylic acids is 1. The summed E-state index contributed by atoms with van der Waals surface area (Å²) in [7, 11) is 0. The Labute approximate surface area is 167 Å². The van der Waals surface area contributed by atoms with Crippen LogP contribution in [-0.4, -0.2) is 56.9 Å². The average Bonchev–Trinajstić information content (AvgIpc) is 3.03. The number of aliphatic carboxylic acids is 1. The van der Waals surface area contributed by atoms with Crippen molar-refractivity contribution in [1.82, 2.24) is 0 Å². The second kappa shape index (κ2) is 14.3. The first-order chi connectivity index (χ1) is 13.4. The lowest BCUT2D eigenvalue weighted by atomic mass is 10.0.